The predicted molar refractivity (Wildman–Crippen MR) is 138 cm³/mol. The van der Waals surface area contributed by atoms with Crippen LogP contribution in [0.2, 0.25) is 0 Å². The van der Waals surface area contributed by atoms with E-state index < -0.39 is 28.8 Å². The highest BCUT2D eigenvalue weighted by Crippen LogP contribution is 2.47. The van der Waals surface area contributed by atoms with Crippen molar-refractivity contribution in [2.45, 2.75) is 19.3 Å². The number of carbonyl (C=O) groups is 1. The molecule has 3 N–H and O–H groups in total. The number of methoxy groups -OCH3 is 1. The number of rotatable bonds is 6. The van der Waals surface area contributed by atoms with Crippen molar-refractivity contribution in [3.8, 4) is 45.8 Å². The smallest absolute Gasteiger partial charge is 0.312 e. The Hall–Kier alpha value is -4.92. The monoisotopic (exact) mass is 516 g/mol. The molecule has 1 unspecified atom stereocenters. The minimum absolute atomic E-state index is 0.0350. The number of phenolic OH excluding ortho intramolecular Hbond substituents is 3. The largest absolute Gasteiger partial charge is 0.507 e. The van der Waals surface area contributed by atoms with E-state index in [9.17, 15) is 24.9 Å². The lowest BCUT2D eigenvalue weighted by atomic mass is 9.85. The number of hydrogen-bond acceptors (Lipinski definition) is 9. The Morgan fingerprint density at radius 1 is 1.00 bits per heavy atom. The molecule has 1 aliphatic heterocycles. The topological polar surface area (TPSA) is 136 Å². The van der Waals surface area contributed by atoms with Crippen molar-refractivity contribution in [3.63, 3.8) is 0 Å². The molecular weight excluding hydrogens is 492 g/mol. The molecule has 0 saturated carbocycles. The van der Waals surface area contributed by atoms with Gasteiger partial charge in [-0.15, -0.1) is 0 Å². The number of esters is 1. The number of hydrogen-bond donors (Lipinski definition) is 3. The highest BCUT2D eigenvalue weighted by atomic mass is 16.5. The van der Waals surface area contributed by atoms with E-state index in [1.54, 1.807) is 18.2 Å². The minimum Gasteiger partial charge on any atom is -0.507 e. The van der Waals surface area contributed by atoms with Crippen molar-refractivity contribution >= 4 is 16.9 Å². The van der Waals surface area contributed by atoms with Crippen molar-refractivity contribution in [1.29, 1.82) is 0 Å². The van der Waals surface area contributed by atoms with Gasteiger partial charge >= 0.3 is 5.97 Å². The Balaban J connectivity index is 1.74. The van der Waals surface area contributed by atoms with Crippen LogP contribution in [0, 0.1) is 0 Å². The molecule has 9 heteroatoms. The summed E-state index contributed by atoms with van der Waals surface area (Å²) < 4.78 is 22.9. The van der Waals surface area contributed by atoms with E-state index in [1.165, 1.54) is 37.4 Å². The van der Waals surface area contributed by atoms with Crippen LogP contribution >= 0.6 is 0 Å². The van der Waals surface area contributed by atoms with Crippen LogP contribution in [-0.2, 0) is 4.79 Å². The first kappa shape index (κ1) is 24.8. The fraction of sp³-hybridized carbons (Fsp3) is 0.172. The van der Waals surface area contributed by atoms with Gasteiger partial charge in [-0.2, -0.15) is 0 Å². The second-order valence-electron chi connectivity index (χ2n) is 9.08. The maximum Gasteiger partial charge on any atom is 0.312 e. The van der Waals surface area contributed by atoms with Gasteiger partial charge in [0.25, 0.3) is 0 Å². The van der Waals surface area contributed by atoms with Crippen molar-refractivity contribution in [3.05, 3.63) is 82.0 Å². The van der Waals surface area contributed by atoms with E-state index in [1.807, 2.05) is 6.92 Å². The number of phenols is 3. The Kier molecular flexibility index (Phi) is 6.20. The number of carbonyl (C=O) groups excluding carboxylic acids is 1. The van der Waals surface area contributed by atoms with Crippen molar-refractivity contribution in [2.24, 2.45) is 0 Å². The van der Waals surface area contributed by atoms with E-state index in [-0.39, 0.29) is 41.3 Å². The third-order valence-corrected chi connectivity index (χ3v) is 6.25. The summed E-state index contributed by atoms with van der Waals surface area (Å²) >= 11 is 0. The molecule has 5 rings (SSSR count). The fourth-order valence-electron chi connectivity index (χ4n) is 4.49. The average molecular weight is 517 g/mol. The van der Waals surface area contributed by atoms with E-state index in [4.69, 9.17) is 18.6 Å². The zero-order valence-corrected chi connectivity index (χ0v) is 20.6. The molecule has 38 heavy (non-hydrogen) atoms. The van der Waals surface area contributed by atoms with Gasteiger partial charge in [-0.1, -0.05) is 12.6 Å². The SMILES string of the molecule is C=C(C)COc1cc(C2CC(=O)Oc3cc(O)c4c(=O)cc(-c5ccc(O)c(O)c5)oc4c32)ccc1OC. The van der Waals surface area contributed by atoms with Crippen LogP contribution in [0.25, 0.3) is 22.3 Å². The van der Waals surface area contributed by atoms with Crippen LogP contribution in [0.3, 0.4) is 0 Å². The van der Waals surface area contributed by atoms with Crippen molar-refractivity contribution in [1.82, 2.24) is 0 Å². The van der Waals surface area contributed by atoms with Gasteiger partial charge in [-0.05, 0) is 48.4 Å². The normalized spacial score (nSPS) is 14.6. The lowest BCUT2D eigenvalue weighted by Crippen LogP contribution is -2.22. The molecule has 4 aromatic rings. The number of fused-ring (bicyclic) bond motifs is 3. The summed E-state index contributed by atoms with van der Waals surface area (Å²) in [6.45, 7) is 5.94. The van der Waals surface area contributed by atoms with Gasteiger partial charge in [0.05, 0.1) is 13.5 Å². The second-order valence-corrected chi connectivity index (χ2v) is 9.08. The summed E-state index contributed by atoms with van der Waals surface area (Å²) in [5, 5.41) is 30.2. The average Bonchev–Trinajstić information content (AvgIpc) is 2.87. The summed E-state index contributed by atoms with van der Waals surface area (Å²) in [6.07, 6.45) is -0.0624. The van der Waals surface area contributed by atoms with Crippen molar-refractivity contribution < 1.29 is 38.7 Å². The van der Waals surface area contributed by atoms with Gasteiger partial charge in [-0.3, -0.25) is 9.59 Å². The van der Waals surface area contributed by atoms with Crippen LogP contribution in [0.4, 0.5) is 0 Å². The Morgan fingerprint density at radius 3 is 2.50 bits per heavy atom. The second kappa shape index (κ2) is 9.51. The van der Waals surface area contributed by atoms with Gasteiger partial charge in [-0.25, -0.2) is 0 Å². The molecule has 0 bridgehead atoms. The fourth-order valence-corrected chi connectivity index (χ4v) is 4.49. The van der Waals surface area contributed by atoms with Crippen LogP contribution in [0.1, 0.15) is 30.4 Å². The molecular formula is C29H24O9. The summed E-state index contributed by atoms with van der Waals surface area (Å²) in [5.41, 5.74) is 1.69. The lowest BCUT2D eigenvalue weighted by Gasteiger charge is -2.26. The molecule has 0 spiro atoms. The van der Waals surface area contributed by atoms with Gasteiger partial charge in [0, 0.05) is 29.2 Å². The lowest BCUT2D eigenvalue weighted by molar-refractivity contribution is -0.135. The van der Waals surface area contributed by atoms with E-state index in [0.29, 0.717) is 28.2 Å². The molecule has 1 atom stereocenters. The van der Waals surface area contributed by atoms with E-state index in [2.05, 4.69) is 6.58 Å². The maximum absolute atomic E-state index is 13.1. The van der Waals surface area contributed by atoms with Crippen LogP contribution < -0.4 is 19.6 Å². The summed E-state index contributed by atoms with van der Waals surface area (Å²) in [4.78, 5) is 25.7. The molecule has 0 fully saturated rings. The highest BCUT2D eigenvalue weighted by molar-refractivity contribution is 5.93. The van der Waals surface area contributed by atoms with Crippen LogP contribution in [0.5, 0.6) is 34.5 Å². The molecule has 1 aromatic heterocycles. The molecule has 2 heterocycles. The van der Waals surface area contributed by atoms with E-state index >= 15 is 0 Å². The van der Waals surface area contributed by atoms with Gasteiger partial charge < -0.3 is 33.9 Å². The Morgan fingerprint density at radius 2 is 1.79 bits per heavy atom. The molecule has 1 aliphatic rings. The number of ether oxygens (including phenoxy) is 3. The van der Waals surface area contributed by atoms with Crippen LogP contribution in [-0.4, -0.2) is 35.0 Å². The molecule has 0 saturated heterocycles. The molecule has 9 nitrogen and oxygen atoms in total. The molecule has 3 aromatic carbocycles. The van der Waals surface area contributed by atoms with Crippen molar-refractivity contribution in [2.75, 3.05) is 13.7 Å². The van der Waals surface area contributed by atoms with Gasteiger partial charge in [0.1, 0.15) is 34.8 Å². The first-order valence-electron chi connectivity index (χ1n) is 11.7. The summed E-state index contributed by atoms with van der Waals surface area (Å²) in [6, 6.07) is 11.6. The summed E-state index contributed by atoms with van der Waals surface area (Å²) in [5.74, 6) is -1.18. The maximum atomic E-state index is 13.1. The molecule has 194 valence electrons. The molecule has 0 radical (unpaired) electrons. The Bertz CT molecular complexity index is 1670. The number of benzene rings is 3. The molecule has 0 amide bonds. The minimum atomic E-state index is -0.612. The van der Waals surface area contributed by atoms with Gasteiger partial charge in [0.2, 0.25) is 0 Å². The number of aromatic hydroxyl groups is 3. The zero-order chi connectivity index (χ0) is 27.1. The molecule has 0 aliphatic carbocycles. The quantitative estimate of drug-likeness (QED) is 0.140. The summed E-state index contributed by atoms with van der Waals surface area (Å²) in [7, 11) is 1.52. The Labute approximate surface area is 216 Å². The zero-order valence-electron chi connectivity index (χ0n) is 20.6. The van der Waals surface area contributed by atoms with Crippen LogP contribution in [0.15, 0.2) is 69.9 Å². The predicted octanol–water partition coefficient (Wildman–Crippen LogP) is 4.98. The van der Waals surface area contributed by atoms with Gasteiger partial charge in [0.15, 0.2) is 28.4 Å². The third-order valence-electron chi connectivity index (χ3n) is 6.25. The first-order chi connectivity index (χ1) is 18.2. The standard InChI is InChI=1S/C29H24O9/c1-14(2)13-36-24-9-15(5-7-22(24)35-3)17-10-26(34)37-25-12-21(33)28-20(32)11-23(38-29(28)27(17)25)16-4-6-18(30)19(31)8-16/h4-9,11-12,17,30-31,33H,1,10,13H2,2-3H3. The van der Waals surface area contributed by atoms with E-state index in [0.717, 1.165) is 5.57 Å². The third kappa shape index (κ3) is 4.39. The highest BCUT2D eigenvalue weighted by Gasteiger charge is 2.34. The first-order valence-corrected chi connectivity index (χ1v) is 11.7.